The molecule has 0 fully saturated rings. The Kier molecular flexibility index (Phi) is 2.27. The Morgan fingerprint density at radius 1 is 1.31 bits per heavy atom. The zero-order valence-corrected chi connectivity index (χ0v) is 7.09. The molecule has 13 heavy (non-hydrogen) atoms. The van der Waals surface area contributed by atoms with E-state index in [1.54, 1.807) is 12.4 Å². The number of dihydropyridines is 1. The van der Waals surface area contributed by atoms with E-state index < -0.39 is 0 Å². The van der Waals surface area contributed by atoms with Crippen LogP contribution in [0.1, 0.15) is 6.42 Å². The Labute approximate surface area is 76.6 Å². The normalized spacial score (nSPS) is 18.0. The predicted octanol–water partition coefficient (Wildman–Crippen LogP) is 2.14. The predicted molar refractivity (Wildman–Crippen MR) is 53.6 cm³/mol. The van der Waals surface area contributed by atoms with Gasteiger partial charge in [-0.2, -0.15) is 0 Å². The molecule has 1 aromatic rings. The van der Waals surface area contributed by atoms with Gasteiger partial charge in [-0.3, -0.25) is 0 Å². The SMILES string of the molecule is C1=CCC(=Nc2ccccn2)N=C1. The fraction of sp³-hybridized carbons (Fsp3) is 0.100. The van der Waals surface area contributed by atoms with Gasteiger partial charge in [-0.05, 0) is 18.2 Å². The Bertz CT molecular complexity index is 363. The molecule has 0 atom stereocenters. The van der Waals surface area contributed by atoms with Crippen LogP contribution in [0.3, 0.4) is 0 Å². The molecule has 3 nitrogen and oxygen atoms in total. The summed E-state index contributed by atoms with van der Waals surface area (Å²) in [6.45, 7) is 0. The summed E-state index contributed by atoms with van der Waals surface area (Å²) in [5, 5.41) is 0. The zero-order valence-electron chi connectivity index (χ0n) is 7.09. The van der Waals surface area contributed by atoms with Gasteiger partial charge in [-0.25, -0.2) is 15.0 Å². The van der Waals surface area contributed by atoms with Gasteiger partial charge in [-0.1, -0.05) is 12.1 Å². The van der Waals surface area contributed by atoms with Crippen molar-refractivity contribution in [1.29, 1.82) is 0 Å². The maximum Gasteiger partial charge on any atom is 0.153 e. The van der Waals surface area contributed by atoms with Crippen molar-refractivity contribution in [2.75, 3.05) is 0 Å². The molecule has 0 saturated heterocycles. The number of aromatic nitrogens is 1. The van der Waals surface area contributed by atoms with Crippen LogP contribution in [0.15, 0.2) is 46.5 Å². The standard InChI is InChI=1S/C10H9N3/c1-3-7-11-9(5-1)13-10-6-2-4-8-12-10/h1-5,7-8H,6H2. The molecule has 0 aliphatic carbocycles. The first kappa shape index (κ1) is 7.86. The first-order chi connectivity index (χ1) is 6.45. The molecule has 0 N–H and O–H groups in total. The van der Waals surface area contributed by atoms with E-state index in [4.69, 9.17) is 0 Å². The molecule has 3 heteroatoms. The van der Waals surface area contributed by atoms with Crippen LogP contribution in [0.2, 0.25) is 0 Å². The summed E-state index contributed by atoms with van der Waals surface area (Å²) in [7, 11) is 0. The van der Waals surface area contributed by atoms with Crippen LogP contribution in [0.4, 0.5) is 5.82 Å². The van der Waals surface area contributed by atoms with E-state index in [0.29, 0.717) is 5.82 Å². The van der Waals surface area contributed by atoms with E-state index in [0.717, 1.165) is 12.3 Å². The van der Waals surface area contributed by atoms with Gasteiger partial charge in [0.05, 0.1) is 0 Å². The average molecular weight is 171 g/mol. The highest BCUT2D eigenvalue weighted by Gasteiger charge is 1.97. The third-order valence-corrected chi connectivity index (χ3v) is 1.64. The Hall–Kier alpha value is -1.77. The van der Waals surface area contributed by atoms with E-state index in [-0.39, 0.29) is 0 Å². The van der Waals surface area contributed by atoms with Crippen molar-refractivity contribution < 1.29 is 0 Å². The number of rotatable bonds is 1. The van der Waals surface area contributed by atoms with Crippen molar-refractivity contribution in [1.82, 2.24) is 4.98 Å². The van der Waals surface area contributed by atoms with Crippen molar-refractivity contribution in [2.45, 2.75) is 6.42 Å². The van der Waals surface area contributed by atoms with Crippen molar-refractivity contribution in [3.05, 3.63) is 36.5 Å². The number of hydrogen-bond acceptors (Lipinski definition) is 2. The van der Waals surface area contributed by atoms with Gasteiger partial charge in [0.25, 0.3) is 0 Å². The summed E-state index contributed by atoms with van der Waals surface area (Å²) in [6, 6.07) is 5.64. The molecule has 0 saturated carbocycles. The number of hydrogen-bond donors (Lipinski definition) is 0. The molecule has 1 aliphatic heterocycles. The lowest BCUT2D eigenvalue weighted by atomic mass is 10.3. The van der Waals surface area contributed by atoms with E-state index in [1.807, 2.05) is 30.4 Å². The molecule has 0 unspecified atom stereocenters. The molecular formula is C10H9N3. The minimum absolute atomic E-state index is 0.713. The topological polar surface area (TPSA) is 37.6 Å². The quantitative estimate of drug-likeness (QED) is 0.637. The summed E-state index contributed by atoms with van der Waals surface area (Å²) < 4.78 is 0. The van der Waals surface area contributed by atoms with Gasteiger partial charge in [-0.15, -0.1) is 0 Å². The second-order valence-electron chi connectivity index (χ2n) is 2.63. The van der Waals surface area contributed by atoms with Gasteiger partial charge in [0.1, 0.15) is 5.84 Å². The first-order valence-electron chi connectivity index (χ1n) is 4.13. The highest BCUT2D eigenvalue weighted by molar-refractivity contribution is 5.97. The second kappa shape index (κ2) is 3.76. The van der Waals surface area contributed by atoms with E-state index in [1.165, 1.54) is 0 Å². The molecular weight excluding hydrogens is 162 g/mol. The Morgan fingerprint density at radius 3 is 3.00 bits per heavy atom. The molecule has 1 aromatic heterocycles. The molecule has 0 bridgehead atoms. The van der Waals surface area contributed by atoms with Crippen LogP contribution in [-0.2, 0) is 0 Å². The minimum Gasteiger partial charge on any atom is -0.241 e. The van der Waals surface area contributed by atoms with Crippen LogP contribution >= 0.6 is 0 Å². The summed E-state index contributed by atoms with van der Waals surface area (Å²) in [5.41, 5.74) is 0. The molecule has 2 rings (SSSR count). The van der Waals surface area contributed by atoms with Crippen molar-refractivity contribution >= 4 is 17.9 Å². The number of aliphatic imine (C=N–C) groups is 2. The highest BCUT2D eigenvalue weighted by atomic mass is 15.0. The fourth-order valence-corrected chi connectivity index (χ4v) is 1.04. The molecule has 0 radical (unpaired) electrons. The summed E-state index contributed by atoms with van der Waals surface area (Å²) in [6.07, 6.45) is 8.19. The Morgan fingerprint density at radius 2 is 2.31 bits per heavy atom. The summed E-state index contributed by atoms with van der Waals surface area (Å²) >= 11 is 0. The van der Waals surface area contributed by atoms with Crippen molar-refractivity contribution in [3.63, 3.8) is 0 Å². The van der Waals surface area contributed by atoms with Gasteiger partial charge in [0.15, 0.2) is 5.82 Å². The van der Waals surface area contributed by atoms with E-state index in [9.17, 15) is 0 Å². The van der Waals surface area contributed by atoms with Gasteiger partial charge >= 0.3 is 0 Å². The average Bonchev–Trinajstić information content (AvgIpc) is 2.21. The molecule has 0 amide bonds. The lowest BCUT2D eigenvalue weighted by molar-refractivity contribution is 1.24. The lowest BCUT2D eigenvalue weighted by Crippen LogP contribution is -1.95. The minimum atomic E-state index is 0.713. The number of pyridine rings is 1. The molecule has 0 spiro atoms. The van der Waals surface area contributed by atoms with E-state index >= 15 is 0 Å². The third kappa shape index (κ3) is 2.08. The van der Waals surface area contributed by atoms with Gasteiger partial charge in [0.2, 0.25) is 0 Å². The third-order valence-electron chi connectivity index (χ3n) is 1.64. The number of amidine groups is 1. The maximum atomic E-state index is 4.27. The summed E-state index contributed by atoms with van der Waals surface area (Å²) in [4.78, 5) is 12.5. The second-order valence-corrected chi connectivity index (χ2v) is 2.63. The smallest absolute Gasteiger partial charge is 0.153 e. The number of nitrogens with zero attached hydrogens (tertiary/aromatic N) is 3. The van der Waals surface area contributed by atoms with Crippen LogP contribution in [-0.4, -0.2) is 17.0 Å². The monoisotopic (exact) mass is 171 g/mol. The molecule has 0 aromatic carbocycles. The zero-order chi connectivity index (χ0) is 8.93. The number of allylic oxidation sites excluding steroid dienone is 1. The molecule has 64 valence electrons. The van der Waals surface area contributed by atoms with Gasteiger partial charge in [0, 0.05) is 18.8 Å². The van der Waals surface area contributed by atoms with Crippen molar-refractivity contribution in [3.8, 4) is 0 Å². The highest BCUT2D eigenvalue weighted by Crippen LogP contribution is 2.08. The summed E-state index contributed by atoms with van der Waals surface area (Å²) in [5.74, 6) is 1.52. The van der Waals surface area contributed by atoms with Crippen molar-refractivity contribution in [2.24, 2.45) is 9.98 Å². The Balaban J connectivity index is 2.21. The molecule has 1 aliphatic rings. The van der Waals surface area contributed by atoms with Crippen LogP contribution in [0.5, 0.6) is 0 Å². The molecule has 2 heterocycles. The van der Waals surface area contributed by atoms with E-state index in [2.05, 4.69) is 15.0 Å². The fourth-order valence-electron chi connectivity index (χ4n) is 1.04. The van der Waals surface area contributed by atoms with Crippen LogP contribution in [0, 0.1) is 0 Å². The largest absolute Gasteiger partial charge is 0.241 e. The first-order valence-corrected chi connectivity index (χ1v) is 4.13. The lowest BCUT2D eigenvalue weighted by Gasteiger charge is -1.99. The van der Waals surface area contributed by atoms with Crippen LogP contribution < -0.4 is 0 Å². The van der Waals surface area contributed by atoms with Crippen LogP contribution in [0.25, 0.3) is 0 Å². The maximum absolute atomic E-state index is 4.27. The van der Waals surface area contributed by atoms with Gasteiger partial charge < -0.3 is 0 Å².